The normalized spacial score (nSPS) is 15.6. The highest BCUT2D eigenvalue weighted by molar-refractivity contribution is 7.88. The summed E-state index contributed by atoms with van der Waals surface area (Å²) in [7, 11) is -1.52. The number of piperidine rings is 1. The molecule has 10 nitrogen and oxygen atoms in total. The molecule has 0 bridgehead atoms. The average Bonchev–Trinajstić information content (AvgIpc) is 3.24. The number of aromatic nitrogens is 2. The van der Waals surface area contributed by atoms with Gasteiger partial charge < -0.3 is 14.2 Å². The van der Waals surface area contributed by atoms with E-state index in [-0.39, 0.29) is 23.9 Å². The lowest BCUT2D eigenvalue weighted by Gasteiger charge is -2.32. The van der Waals surface area contributed by atoms with Crippen molar-refractivity contribution in [3.63, 3.8) is 0 Å². The molecule has 1 fully saturated rings. The molecule has 0 aliphatic carbocycles. The van der Waals surface area contributed by atoms with E-state index in [9.17, 15) is 13.2 Å². The van der Waals surface area contributed by atoms with Crippen molar-refractivity contribution in [1.82, 2.24) is 19.8 Å². The van der Waals surface area contributed by atoms with E-state index in [1.54, 1.807) is 7.05 Å². The number of nitrogens with zero attached hydrogens (tertiary/aromatic N) is 4. The molecule has 0 atom stereocenters. The van der Waals surface area contributed by atoms with Gasteiger partial charge in [-0.1, -0.05) is 38.1 Å². The number of benzene rings is 1. The van der Waals surface area contributed by atoms with Gasteiger partial charge in [0.25, 0.3) is 5.89 Å². The highest BCUT2D eigenvalue weighted by Gasteiger charge is 2.27. The van der Waals surface area contributed by atoms with E-state index >= 15 is 0 Å². The summed E-state index contributed by atoms with van der Waals surface area (Å²) in [6, 6.07) is 7.34. The van der Waals surface area contributed by atoms with Crippen LogP contribution in [-0.4, -0.2) is 75.1 Å². The van der Waals surface area contributed by atoms with Crippen molar-refractivity contribution in [3.05, 3.63) is 30.1 Å². The minimum absolute atomic E-state index is 0. The minimum atomic E-state index is -3.18. The standard InChI is InChI=1S/C22H33N5O5S.ClH/c1-22(2,3)20-24-19(32-25-20)17-8-6-7-9-18(17)26(4)21(28)31-16-10-13-27(14-11-16)15-12-23-33(5,29)30;/h6-9,16,23H,10-15H2,1-5H3;1H. The predicted molar refractivity (Wildman–Crippen MR) is 133 cm³/mol. The molecule has 0 spiro atoms. The van der Waals surface area contributed by atoms with Crippen LogP contribution in [0.1, 0.15) is 39.4 Å². The Morgan fingerprint density at radius 2 is 1.91 bits per heavy atom. The van der Waals surface area contributed by atoms with Crippen molar-refractivity contribution in [3.8, 4) is 11.5 Å². The SMILES string of the molecule is CN(C(=O)OC1CCN(CCNS(C)(=O)=O)CC1)c1ccccc1-c1nc(C(C)(C)C)no1.Cl. The van der Waals surface area contributed by atoms with Crippen LogP contribution in [0.3, 0.4) is 0 Å². The summed E-state index contributed by atoms with van der Waals surface area (Å²) >= 11 is 0. The van der Waals surface area contributed by atoms with Gasteiger partial charge in [0.1, 0.15) is 6.10 Å². The zero-order valence-electron chi connectivity index (χ0n) is 20.3. The Balaban J connectivity index is 0.00000408. The van der Waals surface area contributed by atoms with Crippen molar-refractivity contribution in [2.24, 2.45) is 0 Å². The van der Waals surface area contributed by atoms with E-state index in [4.69, 9.17) is 9.26 Å². The highest BCUT2D eigenvalue weighted by Crippen LogP contribution is 2.31. The van der Waals surface area contributed by atoms with Crippen molar-refractivity contribution < 1.29 is 22.5 Å². The molecule has 0 unspecified atom stereocenters. The lowest BCUT2D eigenvalue weighted by atomic mass is 9.96. The van der Waals surface area contributed by atoms with E-state index in [1.807, 2.05) is 45.0 Å². The third kappa shape index (κ3) is 7.66. The molecule has 0 saturated carbocycles. The first-order chi connectivity index (χ1) is 15.4. The van der Waals surface area contributed by atoms with E-state index < -0.39 is 16.1 Å². The number of sulfonamides is 1. The first-order valence-electron chi connectivity index (χ1n) is 11.0. The van der Waals surface area contributed by atoms with Gasteiger partial charge in [0, 0.05) is 38.6 Å². The van der Waals surface area contributed by atoms with Gasteiger partial charge in [-0.15, -0.1) is 12.4 Å². The summed E-state index contributed by atoms with van der Waals surface area (Å²) < 4.78 is 36.1. The molecule has 2 aromatic rings. The Morgan fingerprint density at radius 1 is 1.26 bits per heavy atom. The van der Waals surface area contributed by atoms with Gasteiger partial charge in [-0.05, 0) is 25.0 Å². The van der Waals surface area contributed by atoms with Gasteiger partial charge in [-0.2, -0.15) is 4.98 Å². The summed E-state index contributed by atoms with van der Waals surface area (Å²) in [5.74, 6) is 0.946. The van der Waals surface area contributed by atoms with Crippen LogP contribution in [0.4, 0.5) is 10.5 Å². The number of carbonyl (C=O) groups excluding carboxylic acids is 1. The largest absolute Gasteiger partial charge is 0.446 e. The minimum Gasteiger partial charge on any atom is -0.446 e. The van der Waals surface area contributed by atoms with Gasteiger partial charge in [0.05, 0.1) is 17.5 Å². The van der Waals surface area contributed by atoms with E-state index in [1.165, 1.54) is 4.90 Å². The molecule has 2 heterocycles. The second kappa shape index (κ2) is 11.5. The van der Waals surface area contributed by atoms with Gasteiger partial charge in [-0.3, -0.25) is 4.90 Å². The number of carbonyl (C=O) groups is 1. The van der Waals surface area contributed by atoms with Crippen LogP contribution in [-0.2, 0) is 20.2 Å². The van der Waals surface area contributed by atoms with Crippen molar-refractivity contribution in [2.75, 3.05) is 44.4 Å². The molecule has 1 aliphatic heterocycles. The molecule has 1 aliphatic rings. The maximum atomic E-state index is 12.9. The molecular weight excluding hydrogens is 482 g/mol. The first kappa shape index (κ1) is 28.0. The number of anilines is 1. The van der Waals surface area contributed by atoms with Gasteiger partial charge in [-0.25, -0.2) is 17.9 Å². The third-order valence-corrected chi connectivity index (χ3v) is 6.19. The fourth-order valence-electron chi connectivity index (χ4n) is 3.54. The van der Waals surface area contributed by atoms with Gasteiger partial charge >= 0.3 is 6.09 Å². The fourth-order valence-corrected chi connectivity index (χ4v) is 4.01. The van der Waals surface area contributed by atoms with Crippen LogP contribution in [0, 0.1) is 0 Å². The van der Waals surface area contributed by atoms with Gasteiger partial charge in [0.15, 0.2) is 5.82 Å². The lowest BCUT2D eigenvalue weighted by molar-refractivity contribution is 0.0562. The molecular formula is C22H34ClN5O5S. The number of para-hydroxylation sites is 1. The number of likely N-dealkylation sites (tertiary alicyclic amines) is 1. The van der Waals surface area contributed by atoms with Crippen molar-refractivity contribution in [1.29, 1.82) is 0 Å². The number of ether oxygens (including phenoxy) is 1. The molecule has 12 heteroatoms. The number of hydrogen-bond acceptors (Lipinski definition) is 8. The van der Waals surface area contributed by atoms with Crippen LogP contribution in [0.15, 0.2) is 28.8 Å². The fraction of sp³-hybridized carbons (Fsp3) is 0.591. The summed E-state index contributed by atoms with van der Waals surface area (Å²) in [6.45, 7) is 8.49. The molecule has 1 aromatic heterocycles. The zero-order chi connectivity index (χ0) is 24.2. The van der Waals surface area contributed by atoms with Crippen LogP contribution in [0.25, 0.3) is 11.5 Å². The van der Waals surface area contributed by atoms with Crippen LogP contribution < -0.4 is 9.62 Å². The number of hydrogen-bond donors (Lipinski definition) is 1. The number of amides is 1. The number of halogens is 1. The second-order valence-corrected chi connectivity index (χ2v) is 11.2. The number of nitrogens with one attached hydrogen (secondary N) is 1. The molecule has 34 heavy (non-hydrogen) atoms. The summed E-state index contributed by atoms with van der Waals surface area (Å²) in [4.78, 5) is 21.0. The average molecular weight is 516 g/mol. The Bertz CT molecular complexity index is 1060. The van der Waals surface area contributed by atoms with Crippen LogP contribution >= 0.6 is 12.4 Å². The third-order valence-electron chi connectivity index (χ3n) is 5.46. The second-order valence-electron chi connectivity index (χ2n) is 9.34. The Kier molecular flexibility index (Phi) is 9.46. The van der Waals surface area contributed by atoms with E-state index in [0.29, 0.717) is 48.9 Å². The predicted octanol–water partition coefficient (Wildman–Crippen LogP) is 3.04. The quantitative estimate of drug-likeness (QED) is 0.597. The molecule has 1 N–H and O–H groups in total. The molecule has 3 rings (SSSR count). The molecule has 1 aromatic carbocycles. The topological polar surface area (TPSA) is 118 Å². The van der Waals surface area contributed by atoms with Crippen molar-refractivity contribution in [2.45, 2.75) is 45.1 Å². The summed E-state index contributed by atoms with van der Waals surface area (Å²) in [5.41, 5.74) is 1.03. The molecule has 0 radical (unpaired) electrons. The summed E-state index contributed by atoms with van der Waals surface area (Å²) in [6.07, 6.45) is 1.89. The smallest absolute Gasteiger partial charge is 0.414 e. The zero-order valence-corrected chi connectivity index (χ0v) is 21.9. The van der Waals surface area contributed by atoms with Crippen LogP contribution in [0.5, 0.6) is 0 Å². The van der Waals surface area contributed by atoms with E-state index in [2.05, 4.69) is 19.8 Å². The lowest BCUT2D eigenvalue weighted by Crippen LogP contribution is -2.42. The molecule has 190 valence electrons. The Labute approximate surface area is 207 Å². The summed E-state index contributed by atoms with van der Waals surface area (Å²) in [5, 5.41) is 4.08. The van der Waals surface area contributed by atoms with Crippen LogP contribution in [0.2, 0.25) is 0 Å². The monoisotopic (exact) mass is 515 g/mol. The molecule has 1 amide bonds. The Hall–Kier alpha value is -2.21. The molecule has 1 saturated heterocycles. The maximum Gasteiger partial charge on any atom is 0.414 e. The van der Waals surface area contributed by atoms with Gasteiger partial charge in [0.2, 0.25) is 10.0 Å². The Morgan fingerprint density at radius 3 is 2.50 bits per heavy atom. The van der Waals surface area contributed by atoms with E-state index in [0.717, 1.165) is 19.3 Å². The number of rotatable bonds is 7. The van der Waals surface area contributed by atoms with Crippen molar-refractivity contribution >= 4 is 34.2 Å². The maximum absolute atomic E-state index is 12.9. The highest BCUT2D eigenvalue weighted by atomic mass is 35.5. The first-order valence-corrected chi connectivity index (χ1v) is 12.9.